The molecule has 0 amide bonds. The van der Waals surface area contributed by atoms with E-state index in [-0.39, 0.29) is 0 Å². The Bertz CT molecular complexity index is 906. The molecule has 1 aliphatic carbocycles. The van der Waals surface area contributed by atoms with Crippen LogP contribution in [0.25, 0.3) is 0 Å². The minimum absolute atomic E-state index is 0.413. The highest BCUT2D eigenvalue weighted by Gasteiger charge is 2.32. The first-order valence-electron chi connectivity index (χ1n) is 12.0. The predicted octanol–water partition coefficient (Wildman–Crippen LogP) is 3.72. The van der Waals surface area contributed by atoms with E-state index in [0.29, 0.717) is 24.2 Å². The van der Waals surface area contributed by atoms with Crippen LogP contribution in [0.2, 0.25) is 0 Å². The number of hydrogen-bond donors (Lipinski definition) is 1. The number of nitrogens with one attached hydrogen (secondary N) is 1. The Morgan fingerprint density at radius 1 is 1.13 bits per heavy atom. The topological polar surface area (TPSA) is 40.6 Å². The minimum Gasteiger partial charge on any atom is -0.377 e. The van der Waals surface area contributed by atoms with Crippen molar-refractivity contribution in [3.63, 3.8) is 0 Å². The minimum atomic E-state index is 0.413. The summed E-state index contributed by atoms with van der Waals surface area (Å²) >= 11 is 0. The van der Waals surface area contributed by atoms with Crippen LogP contribution < -0.4 is 10.2 Å². The van der Waals surface area contributed by atoms with Gasteiger partial charge in [0.15, 0.2) is 0 Å². The molecular weight excluding hydrogens is 384 g/mol. The maximum Gasteiger partial charge on any atom is 0.0668 e. The van der Waals surface area contributed by atoms with Gasteiger partial charge in [-0.1, -0.05) is 18.2 Å². The molecule has 1 N–H and O–H groups in total. The van der Waals surface area contributed by atoms with Crippen molar-refractivity contribution < 1.29 is 4.74 Å². The summed E-state index contributed by atoms with van der Waals surface area (Å²) in [5.74, 6) is 0. The van der Waals surface area contributed by atoms with E-state index in [0.717, 1.165) is 32.7 Å². The number of ether oxygens (including phenoxy) is 1. The molecule has 0 bridgehead atoms. The van der Waals surface area contributed by atoms with Gasteiger partial charge in [-0.2, -0.15) is 0 Å². The molecule has 1 saturated heterocycles. The number of aryl methyl sites for hydroxylation is 1. The second-order valence-corrected chi connectivity index (χ2v) is 9.73. The quantitative estimate of drug-likeness (QED) is 0.816. The summed E-state index contributed by atoms with van der Waals surface area (Å²) in [5, 5.41) is 3.82. The molecule has 1 fully saturated rings. The Morgan fingerprint density at radius 3 is 2.77 bits per heavy atom. The molecule has 5 nitrogen and oxygen atoms in total. The summed E-state index contributed by atoms with van der Waals surface area (Å²) in [6, 6.07) is 12.9. The maximum atomic E-state index is 5.79. The van der Waals surface area contributed by atoms with Crippen molar-refractivity contribution >= 4 is 5.69 Å². The van der Waals surface area contributed by atoms with Crippen molar-refractivity contribution in [1.82, 2.24) is 15.2 Å². The zero-order chi connectivity index (χ0) is 21.4. The Morgan fingerprint density at radius 2 is 1.94 bits per heavy atom. The van der Waals surface area contributed by atoms with Crippen LogP contribution in [-0.2, 0) is 24.1 Å². The molecule has 166 valence electrons. The standard InChI is InChI=1S/C26H36N4O/c1-18-16-31-17-19(2)30(18)24-10-5-8-21-14-28-22(13-23(21)24)15-29(3)25-11-4-7-20-9-6-12-27-26(20)25/h5-6,8-10,12,18-19,22,25,28H,4,7,11,13-17H2,1-3H3/t18-,19+,22-,25-/m0/s1. The van der Waals surface area contributed by atoms with E-state index in [1.54, 1.807) is 0 Å². The number of pyridine rings is 1. The highest BCUT2D eigenvalue weighted by molar-refractivity contribution is 5.59. The normalized spacial score (nSPS) is 28.3. The number of aromatic nitrogens is 1. The lowest BCUT2D eigenvalue weighted by atomic mass is 9.89. The smallest absolute Gasteiger partial charge is 0.0668 e. The van der Waals surface area contributed by atoms with E-state index in [1.807, 2.05) is 6.20 Å². The van der Waals surface area contributed by atoms with Crippen LogP contribution >= 0.6 is 0 Å². The molecule has 0 spiro atoms. The van der Waals surface area contributed by atoms with Gasteiger partial charge in [0, 0.05) is 43.1 Å². The summed E-state index contributed by atoms with van der Waals surface area (Å²) in [7, 11) is 2.28. The monoisotopic (exact) mass is 420 g/mol. The van der Waals surface area contributed by atoms with Crippen molar-refractivity contribution in [3.05, 3.63) is 58.9 Å². The molecular formula is C26H36N4O. The van der Waals surface area contributed by atoms with Crippen molar-refractivity contribution in [2.45, 2.75) is 70.2 Å². The van der Waals surface area contributed by atoms with Gasteiger partial charge in [-0.25, -0.2) is 0 Å². The first-order valence-corrected chi connectivity index (χ1v) is 12.0. The van der Waals surface area contributed by atoms with Gasteiger partial charge in [-0.3, -0.25) is 9.88 Å². The molecule has 5 rings (SSSR count). The highest BCUT2D eigenvalue weighted by atomic mass is 16.5. The van der Waals surface area contributed by atoms with Gasteiger partial charge in [0.1, 0.15) is 0 Å². The second-order valence-electron chi connectivity index (χ2n) is 9.73. The number of likely N-dealkylation sites (N-methyl/N-ethyl adjacent to an activating group) is 1. The van der Waals surface area contributed by atoms with E-state index in [2.05, 4.69) is 66.3 Å². The first-order chi connectivity index (χ1) is 15.1. The number of morpholine rings is 1. The van der Waals surface area contributed by atoms with Crippen LogP contribution in [0.15, 0.2) is 36.5 Å². The lowest BCUT2D eigenvalue weighted by Crippen LogP contribution is -2.51. The molecule has 1 aromatic heterocycles. The van der Waals surface area contributed by atoms with Gasteiger partial charge < -0.3 is 15.0 Å². The van der Waals surface area contributed by atoms with Gasteiger partial charge in [-0.05, 0) is 75.4 Å². The Balaban J connectivity index is 1.34. The molecule has 2 aliphatic heterocycles. The molecule has 2 aromatic rings. The van der Waals surface area contributed by atoms with E-state index >= 15 is 0 Å². The van der Waals surface area contributed by atoms with Crippen molar-refractivity contribution in [2.24, 2.45) is 0 Å². The molecule has 1 aromatic carbocycles. The summed E-state index contributed by atoms with van der Waals surface area (Å²) < 4.78 is 5.79. The lowest BCUT2D eigenvalue weighted by Gasteiger charge is -2.43. The van der Waals surface area contributed by atoms with Gasteiger partial charge >= 0.3 is 0 Å². The zero-order valence-corrected chi connectivity index (χ0v) is 19.2. The highest BCUT2D eigenvalue weighted by Crippen LogP contribution is 2.35. The fourth-order valence-electron chi connectivity index (χ4n) is 5.93. The number of fused-ring (bicyclic) bond motifs is 2. The zero-order valence-electron chi connectivity index (χ0n) is 19.2. The molecule has 3 aliphatic rings. The maximum absolute atomic E-state index is 5.79. The summed E-state index contributed by atoms with van der Waals surface area (Å²) in [4.78, 5) is 9.89. The Kier molecular flexibility index (Phi) is 6.00. The van der Waals surface area contributed by atoms with E-state index in [1.165, 1.54) is 47.3 Å². The predicted molar refractivity (Wildman–Crippen MR) is 126 cm³/mol. The largest absolute Gasteiger partial charge is 0.377 e. The molecule has 4 atom stereocenters. The Labute approximate surface area is 186 Å². The molecule has 5 heteroatoms. The average Bonchev–Trinajstić information content (AvgIpc) is 2.79. The number of rotatable bonds is 4. The van der Waals surface area contributed by atoms with Crippen molar-refractivity contribution in [3.8, 4) is 0 Å². The van der Waals surface area contributed by atoms with Crippen LogP contribution in [0.1, 0.15) is 55.1 Å². The second kappa shape index (κ2) is 8.89. The van der Waals surface area contributed by atoms with Gasteiger partial charge in [-0.15, -0.1) is 0 Å². The van der Waals surface area contributed by atoms with Gasteiger partial charge in [0.05, 0.1) is 24.9 Å². The first kappa shape index (κ1) is 20.9. The lowest BCUT2D eigenvalue weighted by molar-refractivity contribution is 0.0755. The van der Waals surface area contributed by atoms with Gasteiger partial charge in [0.2, 0.25) is 0 Å². The SMILES string of the molecule is C[C@@H]1COC[C@H](C)N1c1cccc2c1C[C@@H](CN(C)[C@H]1CCCc3cccnc31)NC2. The van der Waals surface area contributed by atoms with E-state index in [9.17, 15) is 0 Å². The van der Waals surface area contributed by atoms with Gasteiger partial charge in [0.25, 0.3) is 0 Å². The third-order valence-corrected chi connectivity index (χ3v) is 7.43. The fraction of sp³-hybridized carbons (Fsp3) is 0.577. The number of nitrogens with zero attached hydrogens (tertiary/aromatic N) is 3. The van der Waals surface area contributed by atoms with Crippen LogP contribution in [0, 0.1) is 0 Å². The van der Waals surface area contributed by atoms with Crippen LogP contribution in [0.5, 0.6) is 0 Å². The fourth-order valence-corrected chi connectivity index (χ4v) is 5.93. The molecule has 31 heavy (non-hydrogen) atoms. The Hall–Kier alpha value is -1.95. The van der Waals surface area contributed by atoms with Crippen LogP contribution in [0.4, 0.5) is 5.69 Å². The van der Waals surface area contributed by atoms with E-state index in [4.69, 9.17) is 9.72 Å². The van der Waals surface area contributed by atoms with Crippen LogP contribution in [-0.4, -0.2) is 54.8 Å². The van der Waals surface area contributed by atoms with Crippen molar-refractivity contribution in [1.29, 1.82) is 0 Å². The molecule has 0 radical (unpaired) electrons. The number of benzene rings is 1. The third kappa shape index (κ3) is 4.11. The van der Waals surface area contributed by atoms with Crippen LogP contribution in [0.3, 0.4) is 0 Å². The number of hydrogen-bond acceptors (Lipinski definition) is 5. The van der Waals surface area contributed by atoms with E-state index < -0.39 is 0 Å². The third-order valence-electron chi connectivity index (χ3n) is 7.43. The summed E-state index contributed by atoms with van der Waals surface area (Å²) in [6.45, 7) is 8.19. The number of anilines is 1. The summed E-state index contributed by atoms with van der Waals surface area (Å²) in [5.41, 5.74) is 7.13. The summed E-state index contributed by atoms with van der Waals surface area (Å²) in [6.07, 6.45) is 6.66. The molecule has 0 saturated carbocycles. The molecule has 3 heterocycles. The molecule has 0 unspecified atom stereocenters. The van der Waals surface area contributed by atoms with Crippen molar-refractivity contribution in [2.75, 3.05) is 31.7 Å². The average molecular weight is 421 g/mol.